The lowest BCUT2D eigenvalue weighted by molar-refractivity contribution is -0.177. The Labute approximate surface area is 317 Å². The highest BCUT2D eigenvalue weighted by Crippen LogP contribution is 2.38. The van der Waals surface area contributed by atoms with Gasteiger partial charge in [0.25, 0.3) is 5.91 Å². The number of aromatic nitrogens is 2. The molecule has 6 rings (SSSR count). The number of anilines is 4. The molecule has 4 aromatic rings. The number of carboxylic acid groups (broad SMARTS) is 1. The smallest absolute Gasteiger partial charge is 0.412 e. The van der Waals surface area contributed by atoms with Crippen molar-refractivity contribution in [2.45, 2.75) is 51.6 Å². The van der Waals surface area contributed by atoms with Crippen molar-refractivity contribution in [3.8, 4) is 0 Å². The number of piperidine rings is 1. The highest BCUT2D eigenvalue weighted by molar-refractivity contribution is 6.11. The molecule has 2 aromatic carbocycles. The number of hydrogen-bond donors (Lipinski definition) is 3. The first-order chi connectivity index (χ1) is 26.0. The summed E-state index contributed by atoms with van der Waals surface area (Å²) in [5.41, 5.74) is 1.31. The number of carbonyl (C=O) groups is 3. The van der Waals surface area contributed by atoms with Gasteiger partial charge in [-0.25, -0.2) is 14.6 Å². The Hall–Kier alpha value is -5.64. The molecule has 0 bridgehead atoms. The number of likely N-dealkylation sites (N-methyl/N-ethyl adjacent to an activating group) is 1. The van der Waals surface area contributed by atoms with Gasteiger partial charge in [-0.15, -0.1) is 0 Å². The summed E-state index contributed by atoms with van der Waals surface area (Å²) in [5, 5.41) is 16.4. The van der Waals surface area contributed by atoms with Gasteiger partial charge in [-0.2, -0.15) is 13.2 Å². The number of nitrogens with one attached hydrogen (secondary N) is 2. The normalized spacial score (nSPS) is 18.2. The molecule has 2 saturated heterocycles. The molecule has 3 N–H and O–H groups in total. The van der Waals surface area contributed by atoms with Crippen LogP contribution in [0.5, 0.6) is 0 Å². The van der Waals surface area contributed by atoms with Gasteiger partial charge in [-0.05, 0) is 64.1 Å². The number of nitrogens with zero attached hydrogens (tertiary/aromatic N) is 6. The van der Waals surface area contributed by atoms with Crippen LogP contribution in [0.4, 0.5) is 45.5 Å². The third-order valence-electron chi connectivity index (χ3n) is 9.59. The van der Waals surface area contributed by atoms with Crippen molar-refractivity contribution in [3.05, 3.63) is 84.3 Å². The van der Waals surface area contributed by atoms with E-state index >= 15 is 0 Å². The Morgan fingerprint density at radius 1 is 0.964 bits per heavy atom. The second-order valence-electron chi connectivity index (χ2n) is 14.9. The Morgan fingerprint density at radius 3 is 2.36 bits per heavy atom. The molecule has 0 radical (unpaired) electrons. The number of hydrogen-bond acceptors (Lipinski definition) is 9. The van der Waals surface area contributed by atoms with E-state index in [-0.39, 0.29) is 42.3 Å². The maximum absolute atomic E-state index is 14.4. The predicted molar refractivity (Wildman–Crippen MR) is 204 cm³/mol. The summed E-state index contributed by atoms with van der Waals surface area (Å²) in [6.45, 7) is 7.76. The van der Waals surface area contributed by atoms with E-state index in [1.807, 2.05) is 24.3 Å². The second-order valence-corrected chi connectivity index (χ2v) is 14.9. The van der Waals surface area contributed by atoms with Gasteiger partial charge in [-0.3, -0.25) is 14.7 Å². The summed E-state index contributed by atoms with van der Waals surface area (Å²) >= 11 is 0. The van der Waals surface area contributed by atoms with Crippen molar-refractivity contribution in [1.29, 1.82) is 0 Å². The summed E-state index contributed by atoms with van der Waals surface area (Å²) in [4.78, 5) is 55.6. The van der Waals surface area contributed by atoms with Crippen LogP contribution in [0.3, 0.4) is 0 Å². The van der Waals surface area contributed by atoms with Crippen LogP contribution in [0.15, 0.2) is 73.1 Å². The quantitative estimate of drug-likeness (QED) is 0.180. The average molecular weight is 763 g/mol. The van der Waals surface area contributed by atoms with Crippen LogP contribution in [0, 0.1) is 5.92 Å². The van der Waals surface area contributed by atoms with Crippen LogP contribution in [-0.2, 0) is 11.3 Å². The van der Waals surface area contributed by atoms with Crippen LogP contribution in [-0.4, -0.2) is 102 Å². The number of benzene rings is 2. The van der Waals surface area contributed by atoms with E-state index in [2.05, 4.69) is 32.5 Å². The van der Waals surface area contributed by atoms with Crippen LogP contribution in [0.1, 0.15) is 43.2 Å². The first-order valence-electron chi connectivity index (χ1n) is 18.0. The minimum atomic E-state index is -4.57. The van der Waals surface area contributed by atoms with Crippen molar-refractivity contribution in [2.24, 2.45) is 5.92 Å². The molecule has 16 heteroatoms. The summed E-state index contributed by atoms with van der Waals surface area (Å²) < 4.78 is 48.1. The van der Waals surface area contributed by atoms with E-state index in [1.54, 1.807) is 51.1 Å². The second kappa shape index (κ2) is 16.0. The summed E-state index contributed by atoms with van der Waals surface area (Å²) in [6.07, 6.45) is -4.39. The maximum atomic E-state index is 14.4. The van der Waals surface area contributed by atoms with Crippen LogP contribution in [0.2, 0.25) is 0 Å². The Bertz CT molecular complexity index is 2020. The maximum Gasteiger partial charge on any atom is 0.412 e. The Balaban J connectivity index is 1.36. The number of halogens is 3. The van der Waals surface area contributed by atoms with Gasteiger partial charge in [0.15, 0.2) is 5.69 Å². The van der Waals surface area contributed by atoms with Crippen molar-refractivity contribution >= 4 is 51.7 Å². The number of fused-ring (bicyclic) bond motifs is 1. The minimum absolute atomic E-state index is 0.0167. The van der Waals surface area contributed by atoms with E-state index in [1.165, 1.54) is 23.4 Å². The van der Waals surface area contributed by atoms with Crippen LogP contribution >= 0.6 is 0 Å². The third-order valence-corrected chi connectivity index (χ3v) is 9.59. The number of carbonyl (C=O) groups excluding carboxylic acids is 2. The molecule has 2 fully saturated rings. The van der Waals surface area contributed by atoms with E-state index in [0.717, 1.165) is 36.8 Å². The molecular formula is C39H45F3N8O5. The number of alkyl halides is 3. The third kappa shape index (κ3) is 9.73. The van der Waals surface area contributed by atoms with E-state index in [0.29, 0.717) is 16.5 Å². The molecular weight excluding hydrogens is 717 g/mol. The first kappa shape index (κ1) is 39.1. The number of alkyl carbamates (subject to hydrolysis) is 1. The van der Waals surface area contributed by atoms with Gasteiger partial charge in [0.05, 0.1) is 47.3 Å². The molecule has 3 amide bonds. The first-order valence-corrected chi connectivity index (χ1v) is 18.0. The highest BCUT2D eigenvalue weighted by Gasteiger charge is 2.45. The topological polar surface area (TPSA) is 143 Å². The molecule has 55 heavy (non-hydrogen) atoms. The van der Waals surface area contributed by atoms with Crippen molar-refractivity contribution in [3.63, 3.8) is 0 Å². The molecule has 13 nitrogen and oxygen atoms in total. The molecule has 2 aliphatic heterocycles. The Kier molecular flexibility index (Phi) is 11.4. The number of pyridine rings is 2. The fourth-order valence-electron chi connectivity index (χ4n) is 6.85. The summed E-state index contributed by atoms with van der Waals surface area (Å²) in [6, 6.07) is 16.7. The van der Waals surface area contributed by atoms with Crippen LogP contribution in [0.25, 0.3) is 10.9 Å². The molecule has 0 unspecified atom stereocenters. The number of piperazine rings is 1. The number of amides is 3. The van der Waals surface area contributed by atoms with E-state index in [9.17, 15) is 32.7 Å². The summed E-state index contributed by atoms with van der Waals surface area (Å²) in [7, 11) is 2.06. The number of rotatable bonds is 8. The molecule has 4 heterocycles. The molecule has 0 saturated carbocycles. The fraction of sp³-hybridized carbons (Fsp3) is 0.410. The Morgan fingerprint density at radius 2 is 1.69 bits per heavy atom. The average Bonchev–Trinajstić information content (AvgIpc) is 3.12. The summed E-state index contributed by atoms with van der Waals surface area (Å²) in [5.74, 6) is -2.59. The zero-order chi connectivity index (χ0) is 39.5. The zero-order valence-electron chi connectivity index (χ0n) is 31.1. The lowest BCUT2D eigenvalue weighted by Gasteiger charge is -2.40. The minimum Gasteiger partial charge on any atom is -0.465 e. The van der Waals surface area contributed by atoms with Crippen molar-refractivity contribution in [1.82, 2.24) is 20.2 Å². The van der Waals surface area contributed by atoms with Gasteiger partial charge >= 0.3 is 18.4 Å². The van der Waals surface area contributed by atoms with E-state index < -0.39 is 48.4 Å². The van der Waals surface area contributed by atoms with Crippen molar-refractivity contribution < 1.29 is 37.4 Å². The molecule has 2 atom stereocenters. The van der Waals surface area contributed by atoms with Gasteiger partial charge in [-0.1, -0.05) is 36.4 Å². The lowest BCUT2D eigenvalue weighted by atomic mass is 9.93. The van der Waals surface area contributed by atoms with Gasteiger partial charge < -0.3 is 35.2 Å². The van der Waals surface area contributed by atoms with Crippen LogP contribution < -0.4 is 25.3 Å². The van der Waals surface area contributed by atoms with E-state index in [4.69, 9.17) is 9.72 Å². The van der Waals surface area contributed by atoms with Gasteiger partial charge in [0, 0.05) is 56.5 Å². The van der Waals surface area contributed by atoms with Crippen molar-refractivity contribution in [2.75, 3.05) is 66.3 Å². The molecule has 2 aliphatic rings. The largest absolute Gasteiger partial charge is 0.465 e. The molecule has 0 spiro atoms. The predicted octanol–water partition coefficient (Wildman–Crippen LogP) is 6.60. The zero-order valence-corrected chi connectivity index (χ0v) is 31.1. The standard InChI is InChI=1S/C39H45F3N8O5/c1-38(2,3)55-36(52)44-28-19-27(39(40,41)42)23-49(24-28)32-12-13-43-21-31(32)46-35(51)34-33(50(37(53)54)22-25-8-6-5-7-9-25)18-26-10-11-29(20-30(26)45-34)48-16-14-47(4)15-17-48/h5-13,18,20-21,27-28H,14-17,19,22-24H2,1-4H3,(H,44,52)(H,46,51)(H,53,54)/t27-,28+/m1/s1. The SMILES string of the molecule is CN1CCN(c2ccc3cc(N(Cc4ccccc4)C(=O)O)c(C(=O)Nc4cnccc4N4C[C@@H](NC(=O)OC(C)(C)C)C[C@@H](C(F)(F)F)C4)nc3c2)CC1. The monoisotopic (exact) mass is 762 g/mol. The molecule has 2 aromatic heterocycles. The van der Waals surface area contributed by atoms with Gasteiger partial charge in [0.2, 0.25) is 0 Å². The van der Waals surface area contributed by atoms with Gasteiger partial charge in [0.1, 0.15) is 5.60 Å². The highest BCUT2D eigenvalue weighted by atomic mass is 19.4. The fourth-order valence-corrected chi connectivity index (χ4v) is 6.85. The molecule has 0 aliphatic carbocycles. The number of ether oxygens (including phenoxy) is 1. The lowest BCUT2D eigenvalue weighted by Crippen LogP contribution is -2.54. The molecule has 292 valence electrons.